The summed E-state index contributed by atoms with van der Waals surface area (Å²) in [6.07, 6.45) is 0.921. The Bertz CT molecular complexity index is 422. The zero-order valence-corrected chi connectivity index (χ0v) is 10.4. The Morgan fingerprint density at radius 2 is 2.44 bits per heavy atom. The van der Waals surface area contributed by atoms with Crippen molar-refractivity contribution >= 4 is 11.3 Å². The number of hydrogen-bond acceptors (Lipinski definition) is 4. The standard InChI is InChI=1S/C12H16N2OS/c1-3-10-7-11(15-14-10)8-13-9(2)12-5-4-6-16-12/h4-7,9,13H,3,8H2,1-2H3. The van der Waals surface area contributed by atoms with Crippen LogP contribution in [0.3, 0.4) is 0 Å². The topological polar surface area (TPSA) is 38.1 Å². The SMILES string of the molecule is CCc1cc(CNC(C)c2cccs2)on1. The van der Waals surface area contributed by atoms with Crippen molar-refractivity contribution < 1.29 is 4.52 Å². The zero-order chi connectivity index (χ0) is 11.4. The molecular formula is C12H16N2OS. The maximum atomic E-state index is 5.21. The van der Waals surface area contributed by atoms with Crippen LogP contribution in [0.15, 0.2) is 28.1 Å². The fraction of sp³-hybridized carbons (Fsp3) is 0.417. The Morgan fingerprint density at radius 1 is 1.56 bits per heavy atom. The minimum absolute atomic E-state index is 0.357. The van der Waals surface area contributed by atoms with Gasteiger partial charge in [0.15, 0.2) is 5.76 Å². The van der Waals surface area contributed by atoms with Crippen molar-refractivity contribution in [3.63, 3.8) is 0 Å². The van der Waals surface area contributed by atoms with Crippen LogP contribution in [0, 0.1) is 0 Å². The highest BCUT2D eigenvalue weighted by molar-refractivity contribution is 7.10. The van der Waals surface area contributed by atoms with E-state index in [-0.39, 0.29) is 0 Å². The predicted molar refractivity (Wildman–Crippen MR) is 65.5 cm³/mol. The lowest BCUT2D eigenvalue weighted by atomic mass is 10.2. The number of aryl methyl sites for hydroxylation is 1. The molecule has 2 rings (SSSR count). The van der Waals surface area contributed by atoms with E-state index in [1.165, 1.54) is 4.88 Å². The molecule has 0 bridgehead atoms. The number of rotatable bonds is 5. The summed E-state index contributed by atoms with van der Waals surface area (Å²) in [5.41, 5.74) is 1.01. The Labute approximate surface area is 99.5 Å². The van der Waals surface area contributed by atoms with Crippen molar-refractivity contribution in [1.82, 2.24) is 10.5 Å². The molecule has 2 heterocycles. The highest BCUT2D eigenvalue weighted by Gasteiger charge is 2.07. The third kappa shape index (κ3) is 2.71. The summed E-state index contributed by atoms with van der Waals surface area (Å²) < 4.78 is 5.21. The van der Waals surface area contributed by atoms with Gasteiger partial charge in [-0.1, -0.05) is 18.1 Å². The molecule has 0 aliphatic rings. The van der Waals surface area contributed by atoms with Gasteiger partial charge in [0.05, 0.1) is 12.2 Å². The molecule has 4 heteroatoms. The first kappa shape index (κ1) is 11.4. The normalized spacial score (nSPS) is 12.9. The molecule has 2 aromatic rings. The molecule has 1 N–H and O–H groups in total. The Kier molecular flexibility index (Phi) is 3.74. The largest absolute Gasteiger partial charge is 0.360 e. The fourth-order valence-electron chi connectivity index (χ4n) is 1.50. The van der Waals surface area contributed by atoms with Gasteiger partial charge in [-0.3, -0.25) is 0 Å². The van der Waals surface area contributed by atoms with E-state index >= 15 is 0 Å². The summed E-state index contributed by atoms with van der Waals surface area (Å²) in [6, 6.07) is 6.58. The van der Waals surface area contributed by atoms with Gasteiger partial charge in [0, 0.05) is 17.0 Å². The van der Waals surface area contributed by atoms with E-state index in [4.69, 9.17) is 4.52 Å². The molecule has 0 amide bonds. The van der Waals surface area contributed by atoms with E-state index in [9.17, 15) is 0 Å². The van der Waals surface area contributed by atoms with E-state index in [0.29, 0.717) is 6.04 Å². The zero-order valence-electron chi connectivity index (χ0n) is 9.56. The van der Waals surface area contributed by atoms with Gasteiger partial charge in [-0.15, -0.1) is 11.3 Å². The van der Waals surface area contributed by atoms with Gasteiger partial charge in [-0.25, -0.2) is 0 Å². The Morgan fingerprint density at radius 3 is 3.06 bits per heavy atom. The van der Waals surface area contributed by atoms with Crippen LogP contribution in [0.4, 0.5) is 0 Å². The third-order valence-corrected chi connectivity index (χ3v) is 3.58. The highest BCUT2D eigenvalue weighted by atomic mass is 32.1. The van der Waals surface area contributed by atoms with Crippen LogP contribution < -0.4 is 5.32 Å². The maximum absolute atomic E-state index is 5.21. The number of nitrogens with zero attached hydrogens (tertiary/aromatic N) is 1. The molecule has 0 aromatic carbocycles. The van der Waals surface area contributed by atoms with Gasteiger partial charge < -0.3 is 9.84 Å². The van der Waals surface area contributed by atoms with Crippen molar-refractivity contribution in [2.24, 2.45) is 0 Å². The molecule has 0 aliphatic carbocycles. The average molecular weight is 236 g/mol. The van der Waals surface area contributed by atoms with Crippen LogP contribution in [-0.4, -0.2) is 5.16 Å². The lowest BCUT2D eigenvalue weighted by molar-refractivity contribution is 0.362. The summed E-state index contributed by atoms with van der Waals surface area (Å²) in [7, 11) is 0. The number of thiophene rings is 1. The van der Waals surface area contributed by atoms with Crippen LogP contribution in [0.25, 0.3) is 0 Å². The van der Waals surface area contributed by atoms with Crippen LogP contribution in [0.1, 0.15) is 36.2 Å². The number of aromatic nitrogens is 1. The fourth-order valence-corrected chi connectivity index (χ4v) is 2.26. The Balaban J connectivity index is 1.87. The van der Waals surface area contributed by atoms with E-state index in [1.807, 2.05) is 6.07 Å². The molecule has 3 nitrogen and oxygen atoms in total. The van der Waals surface area contributed by atoms with Gasteiger partial charge in [0.25, 0.3) is 0 Å². The van der Waals surface area contributed by atoms with Gasteiger partial charge in [-0.2, -0.15) is 0 Å². The molecule has 1 atom stereocenters. The van der Waals surface area contributed by atoms with Gasteiger partial charge in [0.1, 0.15) is 0 Å². The molecule has 0 saturated heterocycles. The van der Waals surface area contributed by atoms with Crippen LogP contribution in [0.5, 0.6) is 0 Å². The molecule has 86 valence electrons. The second-order valence-corrected chi connectivity index (χ2v) is 4.74. The van der Waals surface area contributed by atoms with Crippen molar-refractivity contribution in [3.8, 4) is 0 Å². The summed E-state index contributed by atoms with van der Waals surface area (Å²) >= 11 is 1.77. The van der Waals surface area contributed by atoms with E-state index in [2.05, 4.69) is 41.8 Å². The number of nitrogens with one attached hydrogen (secondary N) is 1. The smallest absolute Gasteiger partial charge is 0.150 e. The predicted octanol–water partition coefficient (Wildman–Crippen LogP) is 3.15. The minimum Gasteiger partial charge on any atom is -0.360 e. The van der Waals surface area contributed by atoms with Gasteiger partial charge >= 0.3 is 0 Å². The first-order chi connectivity index (χ1) is 7.79. The van der Waals surface area contributed by atoms with Crippen LogP contribution in [0.2, 0.25) is 0 Å². The first-order valence-corrected chi connectivity index (χ1v) is 6.38. The summed E-state index contributed by atoms with van der Waals surface area (Å²) in [4.78, 5) is 1.34. The second kappa shape index (κ2) is 5.27. The van der Waals surface area contributed by atoms with Crippen molar-refractivity contribution in [1.29, 1.82) is 0 Å². The molecule has 0 spiro atoms. The highest BCUT2D eigenvalue weighted by Crippen LogP contribution is 2.18. The monoisotopic (exact) mass is 236 g/mol. The molecular weight excluding hydrogens is 220 g/mol. The number of hydrogen-bond donors (Lipinski definition) is 1. The molecule has 0 fully saturated rings. The average Bonchev–Trinajstić information content (AvgIpc) is 2.96. The van der Waals surface area contributed by atoms with Crippen LogP contribution in [-0.2, 0) is 13.0 Å². The molecule has 2 aromatic heterocycles. The van der Waals surface area contributed by atoms with Crippen molar-refractivity contribution in [2.45, 2.75) is 32.9 Å². The van der Waals surface area contributed by atoms with E-state index in [1.54, 1.807) is 11.3 Å². The summed E-state index contributed by atoms with van der Waals surface area (Å²) in [5, 5.41) is 9.47. The minimum atomic E-state index is 0.357. The Hall–Kier alpha value is -1.13. The van der Waals surface area contributed by atoms with Gasteiger partial charge in [-0.05, 0) is 24.8 Å². The van der Waals surface area contributed by atoms with Crippen molar-refractivity contribution in [2.75, 3.05) is 0 Å². The van der Waals surface area contributed by atoms with Gasteiger partial charge in [0.2, 0.25) is 0 Å². The molecule has 16 heavy (non-hydrogen) atoms. The quantitative estimate of drug-likeness (QED) is 0.866. The summed E-state index contributed by atoms with van der Waals surface area (Å²) in [5.74, 6) is 0.903. The maximum Gasteiger partial charge on any atom is 0.150 e. The van der Waals surface area contributed by atoms with E-state index in [0.717, 1.165) is 24.4 Å². The molecule has 1 unspecified atom stereocenters. The van der Waals surface area contributed by atoms with E-state index < -0.39 is 0 Å². The van der Waals surface area contributed by atoms with Crippen LogP contribution >= 0.6 is 11.3 Å². The first-order valence-electron chi connectivity index (χ1n) is 5.51. The second-order valence-electron chi connectivity index (χ2n) is 3.76. The molecule has 0 radical (unpaired) electrons. The lowest BCUT2D eigenvalue weighted by Crippen LogP contribution is -2.16. The lowest BCUT2D eigenvalue weighted by Gasteiger charge is -2.09. The summed E-state index contributed by atoms with van der Waals surface area (Å²) in [6.45, 7) is 4.96. The third-order valence-electron chi connectivity index (χ3n) is 2.52. The molecule has 0 aliphatic heterocycles. The molecule has 0 saturated carbocycles. The van der Waals surface area contributed by atoms with Crippen molar-refractivity contribution in [3.05, 3.63) is 39.9 Å².